The molecule has 1 saturated heterocycles. The van der Waals surface area contributed by atoms with Gasteiger partial charge in [-0.25, -0.2) is 8.78 Å². The van der Waals surface area contributed by atoms with E-state index in [2.05, 4.69) is 15.1 Å². The summed E-state index contributed by atoms with van der Waals surface area (Å²) in [4.78, 5) is 16.2. The second-order valence-electron chi connectivity index (χ2n) is 6.62. The minimum Gasteiger partial charge on any atom is -0.352 e. The molecule has 0 aliphatic carbocycles. The molecule has 0 N–H and O–H groups in total. The van der Waals surface area contributed by atoms with Crippen molar-refractivity contribution in [2.24, 2.45) is 0 Å². The van der Waals surface area contributed by atoms with Gasteiger partial charge in [-0.1, -0.05) is 6.07 Å². The van der Waals surface area contributed by atoms with Crippen LogP contribution in [0.3, 0.4) is 0 Å². The number of hydrogen-bond donors (Lipinski definition) is 0. The van der Waals surface area contributed by atoms with Gasteiger partial charge in [0.25, 0.3) is 0 Å². The first-order valence-corrected chi connectivity index (χ1v) is 9.04. The van der Waals surface area contributed by atoms with E-state index < -0.39 is 11.6 Å². The van der Waals surface area contributed by atoms with Crippen molar-refractivity contribution in [1.82, 2.24) is 19.7 Å². The molecule has 0 bridgehead atoms. The maximum atomic E-state index is 13.8. The molecule has 0 radical (unpaired) electrons. The van der Waals surface area contributed by atoms with Crippen molar-refractivity contribution in [1.29, 1.82) is 0 Å². The summed E-state index contributed by atoms with van der Waals surface area (Å²) in [6, 6.07) is 10.9. The number of carbonyl (C=O) groups excluding carboxylic acids is 1. The van der Waals surface area contributed by atoms with Gasteiger partial charge < -0.3 is 14.4 Å². The van der Waals surface area contributed by atoms with E-state index in [1.165, 1.54) is 12.1 Å². The number of piperazine rings is 1. The number of hydrogen-bond acceptors (Lipinski definition) is 4. The molecule has 0 atom stereocenters. The molecular formula is C20H19F2N5O. The average Bonchev–Trinajstić information content (AvgIpc) is 3.25. The van der Waals surface area contributed by atoms with Crippen LogP contribution in [0.2, 0.25) is 0 Å². The van der Waals surface area contributed by atoms with Gasteiger partial charge in [0.05, 0.1) is 6.42 Å². The highest BCUT2D eigenvalue weighted by atomic mass is 19.1. The van der Waals surface area contributed by atoms with Crippen molar-refractivity contribution in [3.8, 4) is 5.82 Å². The van der Waals surface area contributed by atoms with Gasteiger partial charge in [-0.15, -0.1) is 10.2 Å². The van der Waals surface area contributed by atoms with E-state index >= 15 is 0 Å². The fourth-order valence-corrected chi connectivity index (χ4v) is 3.24. The molecule has 3 heterocycles. The Kier molecular flexibility index (Phi) is 5.01. The first kappa shape index (κ1) is 18.1. The Morgan fingerprint density at radius 1 is 0.929 bits per heavy atom. The summed E-state index contributed by atoms with van der Waals surface area (Å²) in [5.41, 5.74) is 0.209. The number of halogens is 2. The van der Waals surface area contributed by atoms with Crippen LogP contribution >= 0.6 is 0 Å². The topological polar surface area (TPSA) is 54.3 Å². The van der Waals surface area contributed by atoms with E-state index in [1.807, 2.05) is 41.2 Å². The Morgan fingerprint density at radius 2 is 1.61 bits per heavy atom. The lowest BCUT2D eigenvalue weighted by Crippen LogP contribution is -2.49. The first-order chi connectivity index (χ1) is 13.6. The Balaban J connectivity index is 1.34. The fraction of sp³-hybridized carbons (Fsp3) is 0.250. The van der Waals surface area contributed by atoms with Gasteiger partial charge in [-0.2, -0.15) is 0 Å². The highest BCUT2D eigenvalue weighted by Gasteiger charge is 2.23. The zero-order chi connectivity index (χ0) is 19.5. The highest BCUT2D eigenvalue weighted by Crippen LogP contribution is 2.16. The summed E-state index contributed by atoms with van der Waals surface area (Å²) in [5, 5.41) is 8.52. The summed E-state index contributed by atoms with van der Waals surface area (Å²) in [6.07, 6.45) is 3.73. The van der Waals surface area contributed by atoms with Gasteiger partial charge in [0, 0.05) is 44.6 Å². The molecule has 0 unspecified atom stereocenters. The van der Waals surface area contributed by atoms with Crippen LogP contribution in [-0.4, -0.2) is 51.8 Å². The lowest BCUT2D eigenvalue weighted by atomic mass is 10.1. The second kappa shape index (κ2) is 7.75. The second-order valence-corrected chi connectivity index (χ2v) is 6.62. The van der Waals surface area contributed by atoms with E-state index in [0.717, 1.165) is 17.7 Å². The van der Waals surface area contributed by atoms with E-state index in [9.17, 15) is 13.6 Å². The SMILES string of the molecule is O=C(Cc1ccc(F)cc1F)N1CCN(c2ccc(-n3cccc3)nn2)CC1. The largest absolute Gasteiger partial charge is 0.352 e. The first-order valence-electron chi connectivity index (χ1n) is 9.04. The number of amides is 1. The molecule has 2 aromatic heterocycles. The summed E-state index contributed by atoms with van der Waals surface area (Å²) in [5.74, 6) is -0.00747. The molecule has 1 amide bonds. The predicted octanol–water partition coefficient (Wildman–Crippen LogP) is 2.44. The molecule has 6 nitrogen and oxygen atoms in total. The third-order valence-electron chi connectivity index (χ3n) is 4.82. The van der Waals surface area contributed by atoms with Crippen LogP contribution in [0, 0.1) is 11.6 Å². The summed E-state index contributed by atoms with van der Waals surface area (Å²) in [6.45, 7) is 2.27. The number of anilines is 1. The van der Waals surface area contributed by atoms with Gasteiger partial charge in [0.2, 0.25) is 5.91 Å². The molecule has 0 spiro atoms. The van der Waals surface area contributed by atoms with Gasteiger partial charge >= 0.3 is 0 Å². The molecule has 4 rings (SSSR count). The zero-order valence-corrected chi connectivity index (χ0v) is 15.1. The van der Waals surface area contributed by atoms with Crippen LogP contribution in [0.25, 0.3) is 5.82 Å². The third kappa shape index (κ3) is 3.85. The van der Waals surface area contributed by atoms with Crippen molar-refractivity contribution in [2.45, 2.75) is 6.42 Å². The van der Waals surface area contributed by atoms with Crippen molar-refractivity contribution in [3.05, 3.63) is 72.1 Å². The van der Waals surface area contributed by atoms with Crippen LogP contribution in [0.5, 0.6) is 0 Å². The normalized spacial score (nSPS) is 14.4. The van der Waals surface area contributed by atoms with E-state index in [4.69, 9.17) is 0 Å². The quantitative estimate of drug-likeness (QED) is 0.695. The van der Waals surface area contributed by atoms with Gasteiger partial charge in [0.1, 0.15) is 11.6 Å². The van der Waals surface area contributed by atoms with Crippen molar-refractivity contribution < 1.29 is 13.6 Å². The summed E-state index contributed by atoms with van der Waals surface area (Å²) >= 11 is 0. The number of aromatic nitrogens is 3. The molecule has 0 saturated carbocycles. The minimum atomic E-state index is -0.690. The number of benzene rings is 1. The maximum Gasteiger partial charge on any atom is 0.227 e. The lowest BCUT2D eigenvalue weighted by molar-refractivity contribution is -0.130. The molecule has 1 fully saturated rings. The molecule has 8 heteroatoms. The van der Waals surface area contributed by atoms with Gasteiger partial charge in [-0.3, -0.25) is 4.79 Å². The van der Waals surface area contributed by atoms with Crippen LogP contribution < -0.4 is 4.90 Å². The summed E-state index contributed by atoms with van der Waals surface area (Å²) in [7, 11) is 0. The lowest BCUT2D eigenvalue weighted by Gasteiger charge is -2.35. The monoisotopic (exact) mass is 383 g/mol. The molecular weight excluding hydrogens is 364 g/mol. The van der Waals surface area contributed by atoms with E-state index in [0.29, 0.717) is 26.2 Å². The minimum absolute atomic E-state index is 0.0719. The standard InChI is InChI=1S/C20H19F2N5O/c21-16-4-3-15(17(22)14-16)13-20(28)27-11-9-26(10-12-27)19-6-5-18(23-24-19)25-7-1-2-8-25/h1-8,14H,9-13H2. The van der Waals surface area contributed by atoms with Crippen molar-refractivity contribution in [2.75, 3.05) is 31.1 Å². The summed E-state index contributed by atoms with van der Waals surface area (Å²) < 4.78 is 28.6. The average molecular weight is 383 g/mol. The Morgan fingerprint density at radius 3 is 2.25 bits per heavy atom. The Labute approximate surface area is 161 Å². The fourth-order valence-electron chi connectivity index (χ4n) is 3.24. The maximum absolute atomic E-state index is 13.8. The smallest absolute Gasteiger partial charge is 0.227 e. The zero-order valence-electron chi connectivity index (χ0n) is 15.1. The van der Waals surface area contributed by atoms with Crippen LogP contribution in [0.15, 0.2) is 54.9 Å². The van der Waals surface area contributed by atoms with Crippen molar-refractivity contribution in [3.63, 3.8) is 0 Å². The van der Waals surface area contributed by atoms with Crippen LogP contribution in [-0.2, 0) is 11.2 Å². The molecule has 3 aromatic rings. The van der Waals surface area contributed by atoms with Gasteiger partial charge in [0.15, 0.2) is 11.6 Å². The number of nitrogens with zero attached hydrogens (tertiary/aromatic N) is 5. The molecule has 1 aliphatic rings. The highest BCUT2D eigenvalue weighted by molar-refractivity contribution is 5.79. The number of rotatable bonds is 4. The molecule has 1 aliphatic heterocycles. The molecule has 1 aromatic carbocycles. The molecule has 144 valence electrons. The Bertz CT molecular complexity index is 951. The van der Waals surface area contributed by atoms with E-state index in [-0.39, 0.29) is 17.9 Å². The number of carbonyl (C=O) groups is 1. The van der Waals surface area contributed by atoms with Crippen LogP contribution in [0.4, 0.5) is 14.6 Å². The van der Waals surface area contributed by atoms with Gasteiger partial charge in [-0.05, 0) is 35.9 Å². The Hall–Kier alpha value is -3.29. The molecule has 28 heavy (non-hydrogen) atoms. The van der Waals surface area contributed by atoms with Crippen LogP contribution in [0.1, 0.15) is 5.56 Å². The predicted molar refractivity (Wildman–Crippen MR) is 100 cm³/mol. The van der Waals surface area contributed by atoms with Crippen molar-refractivity contribution >= 4 is 11.7 Å². The van der Waals surface area contributed by atoms with E-state index in [1.54, 1.807) is 4.90 Å². The third-order valence-corrected chi connectivity index (χ3v) is 4.82.